The van der Waals surface area contributed by atoms with Crippen molar-refractivity contribution in [2.45, 2.75) is 20.8 Å². The molecule has 5 nitrogen and oxygen atoms in total. The molecule has 3 aromatic rings. The predicted octanol–water partition coefficient (Wildman–Crippen LogP) is 2.37. The molecule has 0 aliphatic heterocycles. The SMILES string of the molecule is Cc1cc(C(N)=S)nc(-n2cnc3cc(C)c(C)cc32)n1. The smallest absolute Gasteiger partial charge is 0.236 e. The fraction of sp³-hybridized carbons (Fsp3) is 0.200. The Kier molecular flexibility index (Phi) is 3.17. The van der Waals surface area contributed by atoms with E-state index in [9.17, 15) is 0 Å². The molecular weight excluding hydrogens is 282 g/mol. The standard InChI is InChI=1S/C15H15N5S/c1-8-4-11-13(5-9(8)2)20(7-17-11)15-18-10(3)6-12(19-15)14(16)21/h4-7H,1-3H3,(H2,16,21). The van der Waals surface area contributed by atoms with E-state index in [-0.39, 0.29) is 4.99 Å². The molecule has 106 valence electrons. The van der Waals surface area contributed by atoms with Gasteiger partial charge in [0.15, 0.2) is 0 Å². The molecule has 21 heavy (non-hydrogen) atoms. The zero-order valence-electron chi connectivity index (χ0n) is 12.1. The Bertz CT molecular complexity index is 866. The number of rotatable bonds is 2. The van der Waals surface area contributed by atoms with Gasteiger partial charge in [0.1, 0.15) is 17.0 Å². The monoisotopic (exact) mass is 297 g/mol. The molecule has 0 bridgehead atoms. The van der Waals surface area contributed by atoms with Crippen LogP contribution in [0.15, 0.2) is 24.5 Å². The molecule has 0 radical (unpaired) electrons. The molecule has 0 fully saturated rings. The van der Waals surface area contributed by atoms with Crippen LogP contribution >= 0.6 is 12.2 Å². The van der Waals surface area contributed by atoms with Crippen LogP contribution in [0.25, 0.3) is 17.0 Å². The quantitative estimate of drug-likeness (QED) is 0.735. The van der Waals surface area contributed by atoms with E-state index in [1.54, 1.807) is 12.4 Å². The lowest BCUT2D eigenvalue weighted by Crippen LogP contribution is -2.14. The summed E-state index contributed by atoms with van der Waals surface area (Å²) in [6.45, 7) is 6.03. The van der Waals surface area contributed by atoms with Gasteiger partial charge in [-0.1, -0.05) is 12.2 Å². The first-order valence-corrected chi connectivity index (χ1v) is 6.96. The molecule has 2 N–H and O–H groups in total. The molecule has 0 saturated carbocycles. The Morgan fingerprint density at radius 1 is 1.10 bits per heavy atom. The molecule has 3 rings (SSSR count). The maximum atomic E-state index is 5.68. The van der Waals surface area contributed by atoms with Gasteiger partial charge in [-0.2, -0.15) is 0 Å². The number of aryl methyl sites for hydroxylation is 3. The molecule has 1 aromatic carbocycles. The number of nitrogens with two attached hydrogens (primary N) is 1. The molecule has 0 atom stereocenters. The lowest BCUT2D eigenvalue weighted by Gasteiger charge is -2.07. The van der Waals surface area contributed by atoms with Gasteiger partial charge >= 0.3 is 0 Å². The summed E-state index contributed by atoms with van der Waals surface area (Å²) in [5.74, 6) is 0.531. The van der Waals surface area contributed by atoms with Crippen molar-refractivity contribution in [1.82, 2.24) is 19.5 Å². The van der Waals surface area contributed by atoms with Crippen molar-refractivity contribution in [3.63, 3.8) is 0 Å². The highest BCUT2D eigenvalue weighted by atomic mass is 32.1. The Balaban J connectivity index is 2.25. The highest BCUT2D eigenvalue weighted by Crippen LogP contribution is 2.20. The Morgan fingerprint density at radius 2 is 1.81 bits per heavy atom. The third-order valence-electron chi connectivity index (χ3n) is 3.47. The van der Waals surface area contributed by atoms with E-state index in [0.717, 1.165) is 16.7 Å². The van der Waals surface area contributed by atoms with Gasteiger partial charge in [-0.3, -0.25) is 4.57 Å². The summed E-state index contributed by atoms with van der Waals surface area (Å²) in [5, 5.41) is 0. The largest absolute Gasteiger partial charge is 0.388 e. The van der Waals surface area contributed by atoms with Crippen molar-refractivity contribution in [2.24, 2.45) is 5.73 Å². The minimum Gasteiger partial charge on any atom is -0.388 e. The third kappa shape index (κ3) is 2.38. The van der Waals surface area contributed by atoms with Gasteiger partial charge in [-0.15, -0.1) is 0 Å². The number of benzene rings is 1. The van der Waals surface area contributed by atoms with E-state index in [2.05, 4.69) is 40.9 Å². The molecule has 0 spiro atoms. The minimum atomic E-state index is 0.262. The first kappa shape index (κ1) is 13.6. The van der Waals surface area contributed by atoms with Crippen molar-refractivity contribution in [2.75, 3.05) is 0 Å². The predicted molar refractivity (Wildman–Crippen MR) is 86.8 cm³/mol. The molecular formula is C15H15N5S. The van der Waals surface area contributed by atoms with Crippen molar-refractivity contribution >= 4 is 28.2 Å². The zero-order valence-corrected chi connectivity index (χ0v) is 12.9. The van der Waals surface area contributed by atoms with Crippen molar-refractivity contribution in [3.8, 4) is 5.95 Å². The van der Waals surface area contributed by atoms with E-state index in [1.165, 1.54) is 11.1 Å². The molecule has 0 unspecified atom stereocenters. The van der Waals surface area contributed by atoms with E-state index in [4.69, 9.17) is 18.0 Å². The van der Waals surface area contributed by atoms with Crippen LogP contribution in [-0.4, -0.2) is 24.5 Å². The highest BCUT2D eigenvalue weighted by Gasteiger charge is 2.11. The first-order chi connectivity index (χ1) is 9.95. The van der Waals surface area contributed by atoms with E-state index < -0.39 is 0 Å². The zero-order chi connectivity index (χ0) is 15.1. The normalized spacial score (nSPS) is 11.0. The summed E-state index contributed by atoms with van der Waals surface area (Å²) in [4.78, 5) is 13.6. The highest BCUT2D eigenvalue weighted by molar-refractivity contribution is 7.80. The number of imidazole rings is 1. The maximum absolute atomic E-state index is 5.68. The summed E-state index contributed by atoms with van der Waals surface area (Å²) in [7, 11) is 0. The van der Waals surface area contributed by atoms with Crippen LogP contribution in [-0.2, 0) is 0 Å². The molecule has 0 aliphatic rings. The molecule has 2 aromatic heterocycles. The molecule has 0 saturated heterocycles. The first-order valence-electron chi connectivity index (χ1n) is 6.56. The number of hydrogen-bond acceptors (Lipinski definition) is 4. The van der Waals surface area contributed by atoms with Crippen LogP contribution in [0.2, 0.25) is 0 Å². The van der Waals surface area contributed by atoms with E-state index in [1.807, 2.05) is 11.5 Å². The average molecular weight is 297 g/mol. The fourth-order valence-electron chi connectivity index (χ4n) is 2.21. The Hall–Kier alpha value is -2.34. The number of fused-ring (bicyclic) bond motifs is 1. The van der Waals surface area contributed by atoms with Crippen molar-refractivity contribution in [3.05, 3.63) is 47.0 Å². The van der Waals surface area contributed by atoms with Gasteiger partial charge in [-0.05, 0) is 50.1 Å². The van der Waals surface area contributed by atoms with E-state index in [0.29, 0.717) is 11.6 Å². The third-order valence-corrected chi connectivity index (χ3v) is 3.68. The Morgan fingerprint density at radius 3 is 2.52 bits per heavy atom. The second-order valence-corrected chi connectivity index (χ2v) is 5.54. The lowest BCUT2D eigenvalue weighted by molar-refractivity contribution is 0.925. The second kappa shape index (κ2) is 4.89. The molecule has 6 heteroatoms. The van der Waals surface area contributed by atoms with Gasteiger partial charge in [-0.25, -0.2) is 15.0 Å². The average Bonchev–Trinajstić information content (AvgIpc) is 2.81. The van der Waals surface area contributed by atoms with Crippen LogP contribution in [0.4, 0.5) is 0 Å². The molecule has 0 amide bonds. The van der Waals surface area contributed by atoms with Gasteiger partial charge in [0.2, 0.25) is 5.95 Å². The van der Waals surface area contributed by atoms with Gasteiger partial charge in [0, 0.05) is 5.69 Å². The summed E-state index contributed by atoms with van der Waals surface area (Å²) in [6.07, 6.45) is 1.72. The van der Waals surface area contributed by atoms with E-state index >= 15 is 0 Å². The van der Waals surface area contributed by atoms with Gasteiger partial charge < -0.3 is 5.73 Å². The van der Waals surface area contributed by atoms with Crippen LogP contribution in [0.5, 0.6) is 0 Å². The fourth-order valence-corrected chi connectivity index (χ4v) is 2.31. The summed E-state index contributed by atoms with van der Waals surface area (Å²) in [5.41, 5.74) is 11.4. The number of aromatic nitrogens is 4. The van der Waals surface area contributed by atoms with Crippen LogP contribution in [0.1, 0.15) is 22.5 Å². The number of thiocarbonyl (C=S) groups is 1. The van der Waals surface area contributed by atoms with Crippen LogP contribution in [0.3, 0.4) is 0 Å². The number of nitrogens with zero attached hydrogens (tertiary/aromatic N) is 4. The Labute approximate surface area is 127 Å². The summed E-state index contributed by atoms with van der Waals surface area (Å²) < 4.78 is 1.86. The second-order valence-electron chi connectivity index (χ2n) is 5.10. The van der Waals surface area contributed by atoms with Crippen LogP contribution in [0, 0.1) is 20.8 Å². The summed E-state index contributed by atoms with van der Waals surface area (Å²) in [6, 6.07) is 5.93. The van der Waals surface area contributed by atoms with Crippen LogP contribution < -0.4 is 5.73 Å². The van der Waals surface area contributed by atoms with Gasteiger partial charge in [0.25, 0.3) is 0 Å². The van der Waals surface area contributed by atoms with Crippen molar-refractivity contribution < 1.29 is 0 Å². The lowest BCUT2D eigenvalue weighted by atomic mass is 10.1. The van der Waals surface area contributed by atoms with Gasteiger partial charge in [0.05, 0.1) is 11.0 Å². The number of hydrogen-bond donors (Lipinski definition) is 1. The maximum Gasteiger partial charge on any atom is 0.236 e. The summed E-state index contributed by atoms with van der Waals surface area (Å²) >= 11 is 5.01. The molecule has 0 aliphatic carbocycles. The minimum absolute atomic E-state index is 0.262. The molecule has 2 heterocycles. The topological polar surface area (TPSA) is 69.6 Å². The van der Waals surface area contributed by atoms with Crippen molar-refractivity contribution in [1.29, 1.82) is 0 Å².